The van der Waals surface area contributed by atoms with Crippen LogP contribution in [-0.2, 0) is 11.3 Å². The summed E-state index contributed by atoms with van der Waals surface area (Å²) in [6.07, 6.45) is 7.09. The fraction of sp³-hybridized carbons (Fsp3) is 0.583. The van der Waals surface area contributed by atoms with E-state index in [1.165, 1.54) is 25.7 Å². The largest absolute Gasteiger partial charge is 0.375 e. The summed E-state index contributed by atoms with van der Waals surface area (Å²) in [7, 11) is 0. The van der Waals surface area contributed by atoms with Crippen LogP contribution in [0.2, 0.25) is 0 Å². The first kappa shape index (κ1) is 11.4. The third-order valence-corrected chi connectivity index (χ3v) is 3.13. The fourth-order valence-electron chi connectivity index (χ4n) is 1.86. The first-order valence-corrected chi connectivity index (χ1v) is 5.88. The van der Waals surface area contributed by atoms with Gasteiger partial charge in [0.05, 0.1) is 18.0 Å². The second-order valence-corrected chi connectivity index (χ2v) is 4.32. The van der Waals surface area contributed by atoms with Gasteiger partial charge in [0.15, 0.2) is 0 Å². The molecule has 4 heteroatoms. The van der Waals surface area contributed by atoms with Crippen molar-refractivity contribution < 1.29 is 4.74 Å². The predicted octanol–water partition coefficient (Wildman–Crippen LogP) is 2.07. The highest BCUT2D eigenvalue weighted by Gasteiger charge is 2.16. The van der Waals surface area contributed by atoms with E-state index in [4.69, 9.17) is 10.6 Å². The highest BCUT2D eigenvalue weighted by atomic mass is 16.5. The van der Waals surface area contributed by atoms with Crippen LogP contribution in [-0.4, -0.2) is 11.6 Å². The lowest BCUT2D eigenvalue weighted by Gasteiger charge is -2.24. The van der Waals surface area contributed by atoms with Crippen molar-refractivity contribution in [2.75, 3.05) is 12.0 Å². The Balaban J connectivity index is 1.67. The number of nitrogens with one attached hydrogen (secondary N) is 1. The standard InChI is InChI=1S/C12H19N3O/c13-15-11-4-6-14-12(8-11)9-16-7-5-10-2-1-3-10/h4,6,8,10H,1-3,5,7,9,13H2,(H,14,15). The van der Waals surface area contributed by atoms with Crippen LogP contribution in [0.25, 0.3) is 0 Å². The van der Waals surface area contributed by atoms with Crippen molar-refractivity contribution in [3.8, 4) is 0 Å². The molecule has 0 atom stereocenters. The number of nitrogens with zero attached hydrogens (tertiary/aromatic N) is 1. The number of hydrogen-bond acceptors (Lipinski definition) is 4. The van der Waals surface area contributed by atoms with Crippen molar-refractivity contribution in [1.29, 1.82) is 0 Å². The van der Waals surface area contributed by atoms with Crippen molar-refractivity contribution in [3.63, 3.8) is 0 Å². The fourth-order valence-corrected chi connectivity index (χ4v) is 1.86. The number of nitrogens with two attached hydrogens (primary N) is 1. The Morgan fingerprint density at radius 1 is 1.50 bits per heavy atom. The maximum atomic E-state index is 5.59. The Morgan fingerprint density at radius 2 is 2.38 bits per heavy atom. The summed E-state index contributed by atoms with van der Waals surface area (Å²) in [5.74, 6) is 6.23. The van der Waals surface area contributed by atoms with Gasteiger partial charge >= 0.3 is 0 Å². The molecule has 1 aliphatic rings. The molecule has 0 saturated heterocycles. The summed E-state index contributed by atoms with van der Waals surface area (Å²) in [5.41, 5.74) is 4.39. The predicted molar refractivity (Wildman–Crippen MR) is 63.7 cm³/mol. The van der Waals surface area contributed by atoms with Gasteiger partial charge in [0.1, 0.15) is 0 Å². The molecule has 0 aromatic carbocycles. The van der Waals surface area contributed by atoms with Gasteiger partial charge in [-0.25, -0.2) is 0 Å². The molecule has 1 aromatic rings. The molecule has 1 heterocycles. The van der Waals surface area contributed by atoms with E-state index in [1.54, 1.807) is 6.20 Å². The highest BCUT2D eigenvalue weighted by Crippen LogP contribution is 2.29. The molecular weight excluding hydrogens is 202 g/mol. The van der Waals surface area contributed by atoms with E-state index in [9.17, 15) is 0 Å². The van der Waals surface area contributed by atoms with E-state index in [2.05, 4.69) is 10.4 Å². The number of ether oxygens (including phenoxy) is 1. The van der Waals surface area contributed by atoms with E-state index in [1.807, 2.05) is 12.1 Å². The van der Waals surface area contributed by atoms with Crippen molar-refractivity contribution in [3.05, 3.63) is 24.0 Å². The molecule has 4 nitrogen and oxygen atoms in total. The van der Waals surface area contributed by atoms with Gasteiger partial charge in [-0.2, -0.15) is 0 Å². The van der Waals surface area contributed by atoms with Crippen LogP contribution in [0.5, 0.6) is 0 Å². The van der Waals surface area contributed by atoms with E-state index in [-0.39, 0.29) is 0 Å². The Bertz CT molecular complexity index is 326. The lowest BCUT2D eigenvalue weighted by Crippen LogP contribution is -2.13. The Labute approximate surface area is 96.2 Å². The average molecular weight is 221 g/mol. The first-order valence-electron chi connectivity index (χ1n) is 5.88. The molecule has 16 heavy (non-hydrogen) atoms. The molecule has 0 radical (unpaired) electrons. The summed E-state index contributed by atoms with van der Waals surface area (Å²) in [6, 6.07) is 3.74. The van der Waals surface area contributed by atoms with E-state index in [0.29, 0.717) is 6.61 Å². The second-order valence-electron chi connectivity index (χ2n) is 4.32. The SMILES string of the molecule is NNc1ccnc(COCCC2CCC2)c1. The van der Waals surface area contributed by atoms with Gasteiger partial charge in [-0.3, -0.25) is 10.8 Å². The zero-order valence-electron chi connectivity index (χ0n) is 9.48. The summed E-state index contributed by atoms with van der Waals surface area (Å²) in [5, 5.41) is 0. The Morgan fingerprint density at radius 3 is 3.06 bits per heavy atom. The number of hydrogen-bond donors (Lipinski definition) is 2. The monoisotopic (exact) mass is 221 g/mol. The summed E-state index contributed by atoms with van der Waals surface area (Å²) in [4.78, 5) is 4.22. The Hall–Kier alpha value is -1.13. The van der Waals surface area contributed by atoms with Crippen molar-refractivity contribution in [2.45, 2.75) is 32.3 Å². The maximum Gasteiger partial charge on any atom is 0.0888 e. The van der Waals surface area contributed by atoms with Crippen LogP contribution in [0.3, 0.4) is 0 Å². The zero-order chi connectivity index (χ0) is 11.2. The van der Waals surface area contributed by atoms with Gasteiger partial charge in [-0.1, -0.05) is 19.3 Å². The number of pyridine rings is 1. The molecule has 0 unspecified atom stereocenters. The number of nitrogen functional groups attached to an aromatic ring is 1. The lowest BCUT2D eigenvalue weighted by atomic mass is 9.83. The molecule has 2 rings (SSSR count). The summed E-state index contributed by atoms with van der Waals surface area (Å²) in [6.45, 7) is 1.41. The quantitative estimate of drug-likeness (QED) is 0.438. The minimum absolute atomic E-state index is 0.572. The van der Waals surface area contributed by atoms with Gasteiger partial charge in [0, 0.05) is 12.8 Å². The lowest BCUT2D eigenvalue weighted by molar-refractivity contribution is 0.0930. The zero-order valence-corrected chi connectivity index (χ0v) is 9.48. The van der Waals surface area contributed by atoms with Crippen LogP contribution in [0.1, 0.15) is 31.4 Å². The molecule has 0 spiro atoms. The highest BCUT2D eigenvalue weighted by molar-refractivity contribution is 5.41. The average Bonchev–Trinajstić information content (AvgIpc) is 2.27. The number of aromatic nitrogens is 1. The third kappa shape index (κ3) is 3.18. The number of anilines is 1. The normalized spacial score (nSPS) is 15.8. The number of rotatable bonds is 6. The van der Waals surface area contributed by atoms with Gasteiger partial charge in [0.2, 0.25) is 0 Å². The molecule has 88 valence electrons. The molecule has 1 aromatic heterocycles. The molecule has 1 fully saturated rings. The van der Waals surface area contributed by atoms with Crippen molar-refractivity contribution in [1.82, 2.24) is 4.98 Å². The topological polar surface area (TPSA) is 60.2 Å². The maximum absolute atomic E-state index is 5.59. The molecule has 1 aliphatic carbocycles. The van der Waals surface area contributed by atoms with Crippen LogP contribution in [0, 0.1) is 5.92 Å². The van der Waals surface area contributed by atoms with Crippen LogP contribution in [0.4, 0.5) is 5.69 Å². The molecule has 0 aliphatic heterocycles. The molecule has 0 bridgehead atoms. The van der Waals surface area contributed by atoms with Crippen LogP contribution >= 0.6 is 0 Å². The van der Waals surface area contributed by atoms with Crippen molar-refractivity contribution >= 4 is 5.69 Å². The second kappa shape index (κ2) is 5.82. The van der Waals surface area contributed by atoms with Gasteiger partial charge < -0.3 is 10.2 Å². The minimum atomic E-state index is 0.572. The van der Waals surface area contributed by atoms with E-state index < -0.39 is 0 Å². The van der Waals surface area contributed by atoms with E-state index >= 15 is 0 Å². The third-order valence-electron chi connectivity index (χ3n) is 3.13. The summed E-state index contributed by atoms with van der Waals surface area (Å²) >= 11 is 0. The van der Waals surface area contributed by atoms with Crippen molar-refractivity contribution in [2.24, 2.45) is 11.8 Å². The Kier molecular flexibility index (Phi) is 4.13. The number of hydrazine groups is 1. The molecule has 0 amide bonds. The molecule has 3 N–H and O–H groups in total. The van der Waals surface area contributed by atoms with Crippen LogP contribution in [0.15, 0.2) is 18.3 Å². The summed E-state index contributed by atoms with van der Waals surface area (Å²) < 4.78 is 5.59. The van der Waals surface area contributed by atoms with Crippen LogP contribution < -0.4 is 11.3 Å². The van der Waals surface area contributed by atoms with Gasteiger partial charge in [-0.05, 0) is 24.5 Å². The first-order chi connectivity index (χ1) is 7.88. The molecule has 1 saturated carbocycles. The van der Waals surface area contributed by atoms with Gasteiger partial charge in [-0.15, -0.1) is 0 Å². The molecular formula is C12H19N3O. The smallest absolute Gasteiger partial charge is 0.0888 e. The van der Waals surface area contributed by atoms with Gasteiger partial charge in [0.25, 0.3) is 0 Å². The van der Waals surface area contributed by atoms with E-state index in [0.717, 1.165) is 23.9 Å². The minimum Gasteiger partial charge on any atom is -0.375 e.